The van der Waals surface area contributed by atoms with Gasteiger partial charge in [0.1, 0.15) is 11.6 Å². The van der Waals surface area contributed by atoms with E-state index in [-0.39, 0.29) is 0 Å². The first-order chi connectivity index (χ1) is 9.72. The van der Waals surface area contributed by atoms with Gasteiger partial charge in [-0.3, -0.25) is 9.97 Å². The molecule has 5 nitrogen and oxygen atoms in total. The van der Waals surface area contributed by atoms with Crippen molar-refractivity contribution in [2.45, 2.75) is 27.3 Å². The number of rotatable bonds is 6. The van der Waals surface area contributed by atoms with Gasteiger partial charge in [0.25, 0.3) is 0 Å². The zero-order chi connectivity index (χ0) is 14.4. The zero-order valence-electron chi connectivity index (χ0n) is 12.3. The van der Waals surface area contributed by atoms with E-state index in [1.165, 1.54) is 0 Å². The van der Waals surface area contributed by atoms with Gasteiger partial charge in [0.05, 0.1) is 24.6 Å². The van der Waals surface area contributed by atoms with Crippen molar-refractivity contribution in [2.75, 3.05) is 23.3 Å². The van der Waals surface area contributed by atoms with Gasteiger partial charge in [-0.25, -0.2) is 4.98 Å². The largest absolute Gasteiger partial charge is 0.369 e. The van der Waals surface area contributed by atoms with Gasteiger partial charge < -0.3 is 10.2 Å². The number of aryl methyl sites for hydroxylation is 1. The van der Waals surface area contributed by atoms with Crippen LogP contribution >= 0.6 is 0 Å². The molecule has 2 aromatic heterocycles. The number of hydrogen-bond donors (Lipinski definition) is 1. The smallest absolute Gasteiger partial charge is 0.149 e. The van der Waals surface area contributed by atoms with Crippen molar-refractivity contribution in [2.24, 2.45) is 0 Å². The Balaban J connectivity index is 2.17. The molecule has 0 bridgehead atoms. The van der Waals surface area contributed by atoms with E-state index in [4.69, 9.17) is 0 Å². The van der Waals surface area contributed by atoms with E-state index in [1.54, 1.807) is 12.4 Å². The van der Waals surface area contributed by atoms with Gasteiger partial charge in [0.2, 0.25) is 0 Å². The molecular weight excluding hydrogens is 250 g/mol. The molecule has 5 heteroatoms. The van der Waals surface area contributed by atoms with Gasteiger partial charge in [-0.05, 0) is 32.9 Å². The van der Waals surface area contributed by atoms with Gasteiger partial charge >= 0.3 is 0 Å². The normalized spacial score (nSPS) is 10.3. The summed E-state index contributed by atoms with van der Waals surface area (Å²) in [6, 6.07) is 6.08. The van der Waals surface area contributed by atoms with E-state index in [0.29, 0.717) is 0 Å². The fraction of sp³-hybridized carbons (Fsp3) is 0.400. The molecule has 0 saturated heterocycles. The average molecular weight is 271 g/mol. The Bertz CT molecular complexity index is 555. The third kappa shape index (κ3) is 3.66. The second-order valence-corrected chi connectivity index (χ2v) is 4.58. The van der Waals surface area contributed by atoms with Crippen molar-refractivity contribution in [3.63, 3.8) is 0 Å². The highest BCUT2D eigenvalue weighted by Gasteiger charge is 2.09. The van der Waals surface area contributed by atoms with Crippen LogP contribution in [0, 0.1) is 6.92 Å². The predicted octanol–water partition coefficient (Wildman–Crippen LogP) is 2.64. The van der Waals surface area contributed by atoms with E-state index in [0.717, 1.165) is 42.7 Å². The Morgan fingerprint density at radius 2 is 2.00 bits per heavy atom. The van der Waals surface area contributed by atoms with Crippen LogP contribution in [0.3, 0.4) is 0 Å². The molecule has 0 aliphatic rings. The van der Waals surface area contributed by atoms with Gasteiger partial charge in [-0.1, -0.05) is 6.07 Å². The van der Waals surface area contributed by atoms with Crippen LogP contribution in [-0.4, -0.2) is 28.0 Å². The van der Waals surface area contributed by atoms with Crippen LogP contribution < -0.4 is 10.2 Å². The number of nitrogens with one attached hydrogen (secondary N) is 1. The summed E-state index contributed by atoms with van der Waals surface area (Å²) in [6.07, 6.45) is 3.53. The zero-order valence-corrected chi connectivity index (χ0v) is 12.3. The maximum absolute atomic E-state index is 4.58. The second kappa shape index (κ2) is 6.84. The molecule has 0 saturated carbocycles. The Labute approximate surface area is 120 Å². The van der Waals surface area contributed by atoms with Gasteiger partial charge in [-0.2, -0.15) is 0 Å². The SMILES string of the molecule is CCNc1cncc(N(CC)Cc2cccc(C)n2)n1. The van der Waals surface area contributed by atoms with Crippen molar-refractivity contribution in [3.8, 4) is 0 Å². The summed E-state index contributed by atoms with van der Waals surface area (Å²) in [6.45, 7) is 8.59. The molecule has 20 heavy (non-hydrogen) atoms. The van der Waals surface area contributed by atoms with E-state index < -0.39 is 0 Å². The lowest BCUT2D eigenvalue weighted by atomic mass is 10.3. The summed E-state index contributed by atoms with van der Waals surface area (Å²) >= 11 is 0. The minimum atomic E-state index is 0.739. The van der Waals surface area contributed by atoms with Crippen molar-refractivity contribution < 1.29 is 0 Å². The fourth-order valence-corrected chi connectivity index (χ4v) is 2.01. The number of nitrogens with zero attached hydrogens (tertiary/aromatic N) is 4. The summed E-state index contributed by atoms with van der Waals surface area (Å²) in [7, 11) is 0. The lowest BCUT2D eigenvalue weighted by molar-refractivity contribution is 0.787. The first kappa shape index (κ1) is 14.2. The highest BCUT2D eigenvalue weighted by atomic mass is 15.2. The highest BCUT2D eigenvalue weighted by Crippen LogP contribution is 2.15. The monoisotopic (exact) mass is 271 g/mol. The van der Waals surface area contributed by atoms with E-state index >= 15 is 0 Å². The number of anilines is 2. The number of pyridine rings is 1. The fourth-order valence-electron chi connectivity index (χ4n) is 2.01. The topological polar surface area (TPSA) is 53.9 Å². The summed E-state index contributed by atoms with van der Waals surface area (Å²) in [5.41, 5.74) is 2.08. The highest BCUT2D eigenvalue weighted by molar-refractivity contribution is 5.44. The third-order valence-electron chi connectivity index (χ3n) is 2.98. The number of aromatic nitrogens is 3. The quantitative estimate of drug-likeness (QED) is 0.875. The molecule has 0 unspecified atom stereocenters. The number of hydrogen-bond acceptors (Lipinski definition) is 5. The third-order valence-corrected chi connectivity index (χ3v) is 2.98. The second-order valence-electron chi connectivity index (χ2n) is 4.58. The Kier molecular flexibility index (Phi) is 4.87. The van der Waals surface area contributed by atoms with Crippen LogP contribution in [0.1, 0.15) is 25.2 Å². The Morgan fingerprint density at radius 3 is 2.70 bits per heavy atom. The minimum absolute atomic E-state index is 0.739. The molecule has 2 aromatic rings. The van der Waals surface area contributed by atoms with Gasteiger partial charge in [-0.15, -0.1) is 0 Å². The van der Waals surface area contributed by atoms with Crippen molar-refractivity contribution >= 4 is 11.6 Å². The lowest BCUT2D eigenvalue weighted by Crippen LogP contribution is -2.24. The summed E-state index contributed by atoms with van der Waals surface area (Å²) in [5.74, 6) is 1.68. The lowest BCUT2D eigenvalue weighted by Gasteiger charge is -2.21. The molecule has 0 aromatic carbocycles. The summed E-state index contributed by atoms with van der Waals surface area (Å²) < 4.78 is 0. The molecule has 0 radical (unpaired) electrons. The molecule has 0 amide bonds. The maximum Gasteiger partial charge on any atom is 0.149 e. The van der Waals surface area contributed by atoms with Crippen molar-refractivity contribution in [3.05, 3.63) is 42.0 Å². The molecular formula is C15H21N5. The molecule has 106 valence electrons. The van der Waals surface area contributed by atoms with Crippen LogP contribution in [-0.2, 0) is 6.54 Å². The summed E-state index contributed by atoms with van der Waals surface area (Å²) in [4.78, 5) is 15.5. The molecule has 0 atom stereocenters. The summed E-state index contributed by atoms with van der Waals surface area (Å²) in [5, 5.41) is 3.18. The standard InChI is InChI=1S/C15H21N5/c1-4-17-14-9-16-10-15(19-14)20(5-2)11-13-8-6-7-12(3)18-13/h6-10H,4-5,11H2,1-3H3,(H,17,19). The molecule has 2 heterocycles. The van der Waals surface area contributed by atoms with Crippen LogP contribution in [0.2, 0.25) is 0 Å². The molecule has 0 fully saturated rings. The van der Waals surface area contributed by atoms with Crippen LogP contribution in [0.15, 0.2) is 30.6 Å². The van der Waals surface area contributed by atoms with Crippen LogP contribution in [0.25, 0.3) is 0 Å². The molecule has 0 aliphatic carbocycles. The van der Waals surface area contributed by atoms with Gasteiger partial charge in [0, 0.05) is 18.8 Å². The van der Waals surface area contributed by atoms with Crippen LogP contribution in [0.5, 0.6) is 0 Å². The Morgan fingerprint density at radius 1 is 1.15 bits per heavy atom. The predicted molar refractivity (Wildman–Crippen MR) is 81.9 cm³/mol. The Hall–Kier alpha value is -2.17. The molecule has 1 N–H and O–H groups in total. The molecule has 0 aliphatic heterocycles. The minimum Gasteiger partial charge on any atom is -0.369 e. The van der Waals surface area contributed by atoms with Crippen LogP contribution in [0.4, 0.5) is 11.6 Å². The average Bonchev–Trinajstić information content (AvgIpc) is 2.45. The molecule has 0 spiro atoms. The van der Waals surface area contributed by atoms with E-state index in [9.17, 15) is 0 Å². The molecule has 2 rings (SSSR count). The van der Waals surface area contributed by atoms with Gasteiger partial charge in [0.15, 0.2) is 0 Å². The first-order valence-corrected chi connectivity index (χ1v) is 6.96. The van der Waals surface area contributed by atoms with Crippen molar-refractivity contribution in [1.29, 1.82) is 0 Å². The maximum atomic E-state index is 4.58. The van der Waals surface area contributed by atoms with Crippen molar-refractivity contribution in [1.82, 2.24) is 15.0 Å². The first-order valence-electron chi connectivity index (χ1n) is 6.96. The van der Waals surface area contributed by atoms with E-state index in [1.807, 2.05) is 32.0 Å². The van der Waals surface area contributed by atoms with E-state index in [2.05, 4.69) is 32.1 Å².